The molecule has 16 heavy (non-hydrogen) atoms. The van der Waals surface area contributed by atoms with E-state index in [1.54, 1.807) is 27.7 Å². The lowest BCUT2D eigenvalue weighted by Crippen LogP contribution is -1.98. The van der Waals surface area contributed by atoms with Gasteiger partial charge in [0.15, 0.2) is 11.5 Å². The molecule has 0 aliphatic heterocycles. The molecule has 3 rings (SSSR count). The second-order valence-electron chi connectivity index (χ2n) is 3.29. The fourth-order valence-electron chi connectivity index (χ4n) is 1.57. The Morgan fingerprint density at radius 3 is 2.88 bits per heavy atom. The number of rotatable bonds is 1. The molecule has 0 aliphatic carbocycles. The van der Waals surface area contributed by atoms with Crippen LogP contribution in [-0.2, 0) is 7.05 Å². The largest absolute Gasteiger partial charge is 0.265 e. The summed E-state index contributed by atoms with van der Waals surface area (Å²) < 4.78 is 3.44. The van der Waals surface area contributed by atoms with E-state index >= 15 is 0 Å². The van der Waals surface area contributed by atoms with Gasteiger partial charge in [0.25, 0.3) is 0 Å². The highest BCUT2D eigenvalue weighted by atomic mass is 35.5. The van der Waals surface area contributed by atoms with Gasteiger partial charge in [0.2, 0.25) is 0 Å². The Balaban J connectivity index is 2.37. The van der Waals surface area contributed by atoms with E-state index in [0.29, 0.717) is 16.6 Å². The molecule has 0 radical (unpaired) electrons. The van der Waals surface area contributed by atoms with Gasteiger partial charge in [-0.2, -0.15) is 5.10 Å². The first kappa shape index (κ1) is 9.29. The molecular weight excluding hydrogens is 228 g/mol. The van der Waals surface area contributed by atoms with Crippen molar-refractivity contribution in [3.05, 3.63) is 29.8 Å². The first-order valence-corrected chi connectivity index (χ1v) is 4.98. The van der Waals surface area contributed by atoms with Crippen molar-refractivity contribution in [2.75, 3.05) is 0 Å². The predicted molar refractivity (Wildman–Crippen MR) is 58.0 cm³/mol. The minimum Gasteiger partial charge on any atom is -0.265 e. The van der Waals surface area contributed by atoms with E-state index in [-0.39, 0.29) is 0 Å². The average Bonchev–Trinajstić information content (AvgIpc) is 2.84. The van der Waals surface area contributed by atoms with Crippen LogP contribution < -0.4 is 0 Å². The zero-order chi connectivity index (χ0) is 11.1. The summed E-state index contributed by atoms with van der Waals surface area (Å²) in [5, 5.41) is 12.6. The molecular formula is C9H7ClN6. The van der Waals surface area contributed by atoms with Gasteiger partial charge in [-0.25, -0.2) is 0 Å². The number of hydrogen-bond acceptors (Lipinski definition) is 4. The van der Waals surface area contributed by atoms with Crippen molar-refractivity contribution >= 4 is 17.2 Å². The molecule has 3 aromatic rings. The number of aromatic nitrogens is 6. The Hall–Kier alpha value is -1.95. The Bertz CT molecular complexity index is 655. The monoisotopic (exact) mass is 234 g/mol. The van der Waals surface area contributed by atoms with Crippen LogP contribution in [0.4, 0.5) is 0 Å². The molecule has 0 saturated heterocycles. The maximum Gasteiger partial charge on any atom is 0.187 e. The van der Waals surface area contributed by atoms with E-state index in [9.17, 15) is 0 Å². The van der Waals surface area contributed by atoms with Gasteiger partial charge in [-0.3, -0.25) is 14.1 Å². The van der Waals surface area contributed by atoms with Gasteiger partial charge in [-0.1, -0.05) is 11.6 Å². The van der Waals surface area contributed by atoms with Crippen LogP contribution in [0.15, 0.2) is 24.7 Å². The number of aryl methyl sites for hydroxylation is 1. The van der Waals surface area contributed by atoms with Gasteiger partial charge in [0.05, 0.1) is 12.4 Å². The highest BCUT2D eigenvalue weighted by Crippen LogP contribution is 2.20. The van der Waals surface area contributed by atoms with Crippen molar-refractivity contribution in [2.24, 2.45) is 7.05 Å². The third kappa shape index (κ3) is 1.20. The third-order valence-electron chi connectivity index (χ3n) is 2.32. The van der Waals surface area contributed by atoms with Crippen molar-refractivity contribution in [2.45, 2.75) is 0 Å². The Morgan fingerprint density at radius 2 is 2.12 bits per heavy atom. The van der Waals surface area contributed by atoms with E-state index in [1.165, 1.54) is 0 Å². The van der Waals surface area contributed by atoms with Crippen LogP contribution in [0.2, 0.25) is 5.15 Å². The normalized spacial score (nSPS) is 11.1. The Morgan fingerprint density at radius 1 is 1.25 bits per heavy atom. The molecule has 6 nitrogen and oxygen atoms in total. The van der Waals surface area contributed by atoms with Gasteiger partial charge in [-0.05, 0) is 6.07 Å². The summed E-state index contributed by atoms with van der Waals surface area (Å²) in [6, 6.07) is 1.85. The lowest BCUT2D eigenvalue weighted by atomic mass is 10.4. The highest BCUT2D eigenvalue weighted by Gasteiger charge is 2.13. The van der Waals surface area contributed by atoms with Gasteiger partial charge in [0.1, 0.15) is 10.8 Å². The molecule has 0 amide bonds. The topological polar surface area (TPSA) is 60.9 Å². The second kappa shape index (κ2) is 3.28. The van der Waals surface area contributed by atoms with Crippen LogP contribution in [0, 0.1) is 0 Å². The molecule has 0 N–H and O–H groups in total. The van der Waals surface area contributed by atoms with Crippen molar-refractivity contribution in [1.29, 1.82) is 0 Å². The smallest absolute Gasteiger partial charge is 0.187 e. The maximum absolute atomic E-state index is 6.06. The van der Waals surface area contributed by atoms with Crippen molar-refractivity contribution in [3.8, 4) is 11.5 Å². The zero-order valence-electron chi connectivity index (χ0n) is 8.37. The van der Waals surface area contributed by atoms with Crippen LogP contribution >= 0.6 is 11.6 Å². The van der Waals surface area contributed by atoms with E-state index in [4.69, 9.17) is 11.6 Å². The SMILES string of the molecule is Cn1nccc1-c1nnc2cncc(Cl)n12. The van der Waals surface area contributed by atoms with Crippen molar-refractivity contribution in [3.63, 3.8) is 0 Å². The molecule has 3 aromatic heterocycles. The van der Waals surface area contributed by atoms with Crippen molar-refractivity contribution < 1.29 is 0 Å². The first-order chi connectivity index (χ1) is 7.77. The van der Waals surface area contributed by atoms with Gasteiger partial charge in [0, 0.05) is 13.2 Å². The van der Waals surface area contributed by atoms with Crippen molar-refractivity contribution in [1.82, 2.24) is 29.4 Å². The van der Waals surface area contributed by atoms with Crippen LogP contribution in [0.3, 0.4) is 0 Å². The van der Waals surface area contributed by atoms with E-state index in [2.05, 4.69) is 20.3 Å². The minimum atomic E-state index is 0.471. The van der Waals surface area contributed by atoms with Crippen LogP contribution in [-0.4, -0.2) is 29.4 Å². The summed E-state index contributed by atoms with van der Waals surface area (Å²) in [5.41, 5.74) is 1.46. The Kier molecular flexibility index (Phi) is 1.90. The summed E-state index contributed by atoms with van der Waals surface area (Å²) in [6.45, 7) is 0. The maximum atomic E-state index is 6.06. The quantitative estimate of drug-likeness (QED) is 0.634. The molecule has 0 bridgehead atoms. The summed E-state index contributed by atoms with van der Waals surface area (Å²) in [5.74, 6) is 0.655. The van der Waals surface area contributed by atoms with Crippen LogP contribution in [0.1, 0.15) is 0 Å². The molecule has 0 fully saturated rings. The van der Waals surface area contributed by atoms with E-state index < -0.39 is 0 Å². The molecule has 0 aliphatic rings. The summed E-state index contributed by atoms with van der Waals surface area (Å²) >= 11 is 6.06. The highest BCUT2D eigenvalue weighted by molar-refractivity contribution is 6.29. The fraction of sp³-hybridized carbons (Fsp3) is 0.111. The molecule has 7 heteroatoms. The number of nitrogens with zero attached hydrogens (tertiary/aromatic N) is 6. The third-order valence-corrected chi connectivity index (χ3v) is 2.59. The summed E-state index contributed by atoms with van der Waals surface area (Å²) in [6.07, 6.45) is 4.86. The summed E-state index contributed by atoms with van der Waals surface area (Å²) in [4.78, 5) is 3.95. The second-order valence-corrected chi connectivity index (χ2v) is 3.67. The zero-order valence-corrected chi connectivity index (χ0v) is 9.13. The molecule has 3 heterocycles. The number of halogens is 1. The number of fused-ring (bicyclic) bond motifs is 1. The molecule has 0 atom stereocenters. The average molecular weight is 235 g/mol. The predicted octanol–water partition coefficient (Wildman–Crippen LogP) is 1.18. The van der Waals surface area contributed by atoms with Gasteiger partial charge >= 0.3 is 0 Å². The Labute approximate surface area is 95.5 Å². The summed E-state index contributed by atoms with van der Waals surface area (Å²) in [7, 11) is 1.84. The minimum absolute atomic E-state index is 0.471. The molecule has 0 spiro atoms. The molecule has 0 unspecified atom stereocenters. The lowest BCUT2D eigenvalue weighted by molar-refractivity contribution is 0.768. The molecule has 0 aromatic carbocycles. The first-order valence-electron chi connectivity index (χ1n) is 4.60. The van der Waals surface area contributed by atoms with Crippen LogP contribution in [0.5, 0.6) is 0 Å². The van der Waals surface area contributed by atoms with Gasteiger partial charge in [-0.15, -0.1) is 10.2 Å². The molecule has 80 valence electrons. The lowest BCUT2D eigenvalue weighted by Gasteiger charge is -2.01. The molecule has 0 saturated carbocycles. The number of hydrogen-bond donors (Lipinski definition) is 0. The fourth-order valence-corrected chi connectivity index (χ4v) is 1.80. The van der Waals surface area contributed by atoms with Gasteiger partial charge < -0.3 is 0 Å². The van der Waals surface area contributed by atoms with E-state index in [1.807, 2.05) is 13.1 Å². The van der Waals surface area contributed by atoms with E-state index in [0.717, 1.165) is 5.69 Å². The standard InChI is InChI=1S/C9H7ClN6/c1-15-6(2-3-12-15)9-14-13-8-5-11-4-7(10)16(8)9/h2-5H,1H3. The van der Waals surface area contributed by atoms with Crippen LogP contribution in [0.25, 0.3) is 17.2 Å².